The summed E-state index contributed by atoms with van der Waals surface area (Å²) < 4.78 is 71.0. The van der Waals surface area contributed by atoms with Crippen LogP contribution < -0.4 is 4.74 Å². The fourth-order valence-corrected chi connectivity index (χ4v) is 4.76. The minimum Gasteiger partial charge on any atom is -0.495 e. The van der Waals surface area contributed by atoms with Crippen LogP contribution in [0.2, 0.25) is 5.02 Å². The Kier molecular flexibility index (Phi) is 8.45. The first-order chi connectivity index (χ1) is 14.9. The van der Waals surface area contributed by atoms with Crippen LogP contribution in [0.15, 0.2) is 47.4 Å². The highest BCUT2D eigenvalue weighted by Gasteiger charge is 2.38. The average Bonchev–Trinajstić information content (AvgIpc) is 3.18. The molecule has 1 heterocycles. The van der Waals surface area contributed by atoms with E-state index in [0.29, 0.717) is 17.9 Å². The molecule has 0 saturated heterocycles. The van der Waals surface area contributed by atoms with Crippen LogP contribution in [0.5, 0.6) is 5.75 Å². The molecule has 0 saturated carbocycles. The predicted octanol–water partition coefficient (Wildman–Crippen LogP) is 5.18. The molecule has 33 heavy (non-hydrogen) atoms. The van der Waals surface area contributed by atoms with E-state index in [0.717, 1.165) is 0 Å². The van der Waals surface area contributed by atoms with Gasteiger partial charge in [-0.15, -0.1) is 12.4 Å². The van der Waals surface area contributed by atoms with Crippen molar-refractivity contribution >= 4 is 33.8 Å². The smallest absolute Gasteiger partial charge is 0.435 e. The molecule has 0 aliphatic rings. The van der Waals surface area contributed by atoms with E-state index in [4.69, 9.17) is 16.3 Å². The topological polar surface area (TPSA) is 75.3 Å². The number of halogens is 5. The third-order valence-electron chi connectivity index (χ3n) is 4.78. The molecule has 0 radical (unpaired) electrons. The fraction of sp³-hybridized carbons (Fsp3) is 0.286. The van der Waals surface area contributed by atoms with Gasteiger partial charge in [0.2, 0.25) is 0 Å². The minimum atomic E-state index is -4.72. The maximum Gasteiger partial charge on any atom is 0.435 e. The highest BCUT2D eigenvalue weighted by molar-refractivity contribution is 7.91. The molecular formula is C21H22Cl2F3N3O3S. The minimum absolute atomic E-state index is 0. The quantitative estimate of drug-likeness (QED) is 0.461. The first-order valence-electron chi connectivity index (χ1n) is 9.41. The molecule has 0 aliphatic heterocycles. The third-order valence-corrected chi connectivity index (χ3v) is 6.79. The van der Waals surface area contributed by atoms with Gasteiger partial charge in [-0.1, -0.05) is 29.8 Å². The Hall–Kier alpha value is -2.27. The lowest BCUT2D eigenvalue weighted by Gasteiger charge is -2.12. The number of sulfone groups is 1. The summed E-state index contributed by atoms with van der Waals surface area (Å²) in [5, 5.41) is 6.07. The van der Waals surface area contributed by atoms with E-state index in [-0.39, 0.29) is 44.9 Å². The second-order valence-electron chi connectivity index (χ2n) is 7.32. The number of nitrogens with one attached hydrogen (secondary N) is 1. The van der Waals surface area contributed by atoms with Crippen molar-refractivity contribution in [3.8, 4) is 28.1 Å². The average molecular weight is 524 g/mol. The standard InChI is InChI=1S/C21H21ClF3N3O3S.ClH/c1-28(2)10-11-32(29,30)15-7-4-13(5-8-15)19-18(20(27-26-19)21(23,24)25)14-6-9-17(31-3)16(22)12-14;/h4-9,12H,10-11H2,1-3H3,(H,26,27);1H. The zero-order valence-corrected chi connectivity index (χ0v) is 20.3. The van der Waals surface area contributed by atoms with Crippen LogP contribution in [0, 0.1) is 0 Å². The lowest BCUT2D eigenvalue weighted by molar-refractivity contribution is -0.140. The molecule has 0 fully saturated rings. The number of rotatable bonds is 7. The van der Waals surface area contributed by atoms with Gasteiger partial charge in [-0.05, 0) is 43.9 Å². The first-order valence-corrected chi connectivity index (χ1v) is 11.4. The molecule has 0 spiro atoms. The molecule has 0 atom stereocenters. The van der Waals surface area contributed by atoms with E-state index < -0.39 is 21.7 Å². The van der Waals surface area contributed by atoms with Crippen LogP contribution >= 0.6 is 24.0 Å². The molecule has 1 aromatic heterocycles. The molecule has 1 N–H and O–H groups in total. The number of ether oxygens (including phenoxy) is 1. The summed E-state index contributed by atoms with van der Waals surface area (Å²) in [5.41, 5.74) is -0.659. The van der Waals surface area contributed by atoms with Gasteiger partial charge in [0.1, 0.15) is 5.75 Å². The van der Waals surface area contributed by atoms with Gasteiger partial charge in [0, 0.05) is 17.7 Å². The molecule has 12 heteroatoms. The monoisotopic (exact) mass is 523 g/mol. The molecule has 0 amide bonds. The SMILES string of the molecule is COc1ccc(-c2c(C(F)(F)F)n[nH]c2-c2ccc(S(=O)(=O)CCN(C)C)cc2)cc1Cl.Cl. The van der Waals surface area contributed by atoms with Gasteiger partial charge < -0.3 is 9.64 Å². The Labute approximate surface area is 201 Å². The number of hydrogen-bond acceptors (Lipinski definition) is 5. The number of benzene rings is 2. The van der Waals surface area contributed by atoms with Gasteiger partial charge in [0.05, 0.1) is 28.5 Å². The van der Waals surface area contributed by atoms with Gasteiger partial charge >= 0.3 is 6.18 Å². The number of aromatic nitrogens is 2. The van der Waals surface area contributed by atoms with Gasteiger partial charge in [-0.2, -0.15) is 18.3 Å². The number of H-pyrrole nitrogens is 1. The number of nitrogens with zero attached hydrogens (tertiary/aromatic N) is 2. The molecule has 6 nitrogen and oxygen atoms in total. The van der Waals surface area contributed by atoms with E-state index >= 15 is 0 Å². The molecule has 0 unspecified atom stereocenters. The zero-order chi connectivity index (χ0) is 23.7. The summed E-state index contributed by atoms with van der Waals surface area (Å²) in [6, 6.07) is 9.93. The molecular weight excluding hydrogens is 502 g/mol. The van der Waals surface area contributed by atoms with Gasteiger partial charge in [-0.25, -0.2) is 8.42 Å². The van der Waals surface area contributed by atoms with Crippen LogP contribution in [0.25, 0.3) is 22.4 Å². The Balaban J connectivity index is 0.00000385. The van der Waals surface area contributed by atoms with E-state index in [1.807, 2.05) is 0 Å². The molecule has 0 bridgehead atoms. The second kappa shape index (κ2) is 10.3. The van der Waals surface area contributed by atoms with Crippen molar-refractivity contribution in [2.75, 3.05) is 33.5 Å². The summed E-state index contributed by atoms with van der Waals surface area (Å²) in [7, 11) is 1.41. The Morgan fingerprint density at radius 1 is 1.09 bits per heavy atom. The summed E-state index contributed by atoms with van der Waals surface area (Å²) in [6.07, 6.45) is -4.72. The number of hydrogen-bond donors (Lipinski definition) is 1. The van der Waals surface area contributed by atoms with Crippen LogP contribution in [0.4, 0.5) is 13.2 Å². The second-order valence-corrected chi connectivity index (χ2v) is 9.83. The Bertz CT molecular complexity index is 1210. The fourth-order valence-electron chi connectivity index (χ4n) is 3.11. The van der Waals surface area contributed by atoms with Crippen molar-refractivity contribution in [3.05, 3.63) is 53.2 Å². The summed E-state index contributed by atoms with van der Waals surface area (Å²) >= 11 is 6.13. The van der Waals surface area contributed by atoms with E-state index in [1.54, 1.807) is 19.0 Å². The Morgan fingerprint density at radius 2 is 1.70 bits per heavy atom. The highest BCUT2D eigenvalue weighted by Crippen LogP contribution is 2.42. The number of aromatic amines is 1. The largest absolute Gasteiger partial charge is 0.495 e. The summed E-state index contributed by atoms with van der Waals surface area (Å²) in [4.78, 5) is 1.84. The third kappa shape index (κ3) is 6.00. The normalized spacial score (nSPS) is 12.0. The van der Waals surface area contributed by atoms with Crippen molar-refractivity contribution < 1.29 is 26.3 Å². The molecule has 0 aliphatic carbocycles. The predicted molar refractivity (Wildman–Crippen MR) is 124 cm³/mol. The van der Waals surface area contributed by atoms with E-state index in [2.05, 4.69) is 10.2 Å². The maximum absolute atomic E-state index is 13.7. The molecule has 2 aromatic carbocycles. The van der Waals surface area contributed by atoms with Crippen molar-refractivity contribution in [2.45, 2.75) is 11.1 Å². The highest BCUT2D eigenvalue weighted by atomic mass is 35.5. The Morgan fingerprint density at radius 3 is 2.21 bits per heavy atom. The van der Waals surface area contributed by atoms with E-state index in [1.165, 1.54) is 49.6 Å². The van der Waals surface area contributed by atoms with E-state index in [9.17, 15) is 21.6 Å². The van der Waals surface area contributed by atoms with Gasteiger partial charge in [-0.3, -0.25) is 5.10 Å². The molecule has 3 rings (SSSR count). The number of methoxy groups -OCH3 is 1. The van der Waals surface area contributed by atoms with Gasteiger partial charge in [0.25, 0.3) is 0 Å². The lowest BCUT2D eigenvalue weighted by Crippen LogP contribution is -2.21. The number of alkyl halides is 3. The lowest BCUT2D eigenvalue weighted by atomic mass is 9.98. The molecule has 3 aromatic rings. The van der Waals surface area contributed by atoms with Crippen LogP contribution in [0.1, 0.15) is 5.69 Å². The zero-order valence-electron chi connectivity index (χ0n) is 17.9. The molecule has 180 valence electrons. The first kappa shape index (κ1) is 27.0. The van der Waals surface area contributed by atoms with Crippen molar-refractivity contribution in [1.82, 2.24) is 15.1 Å². The van der Waals surface area contributed by atoms with Crippen molar-refractivity contribution in [3.63, 3.8) is 0 Å². The van der Waals surface area contributed by atoms with Crippen LogP contribution in [0.3, 0.4) is 0 Å². The van der Waals surface area contributed by atoms with Crippen LogP contribution in [-0.4, -0.2) is 57.0 Å². The maximum atomic E-state index is 13.7. The van der Waals surface area contributed by atoms with Crippen LogP contribution in [-0.2, 0) is 16.0 Å². The van der Waals surface area contributed by atoms with Gasteiger partial charge in [0.15, 0.2) is 15.5 Å². The summed E-state index contributed by atoms with van der Waals surface area (Å²) in [6.45, 7) is 0.349. The van der Waals surface area contributed by atoms with Crippen molar-refractivity contribution in [2.24, 2.45) is 0 Å². The van der Waals surface area contributed by atoms with Crippen molar-refractivity contribution in [1.29, 1.82) is 0 Å². The summed E-state index contributed by atoms with van der Waals surface area (Å²) in [5.74, 6) is 0.248.